The number of hydrogen-bond donors (Lipinski definition) is 0. The predicted molar refractivity (Wildman–Crippen MR) is 86.4 cm³/mol. The summed E-state index contributed by atoms with van der Waals surface area (Å²) in [5, 5.41) is 0.783. The van der Waals surface area contributed by atoms with Gasteiger partial charge in [-0.3, -0.25) is 0 Å². The Morgan fingerprint density at radius 2 is 1.74 bits per heavy atom. The Balaban J connectivity index is 5.26. The maximum atomic E-state index is 6.28. The molecule has 0 radical (unpaired) electrons. The summed E-state index contributed by atoms with van der Waals surface area (Å²) in [5.41, 5.74) is 1.25. The van der Waals surface area contributed by atoms with E-state index in [0.29, 0.717) is 5.92 Å². The Labute approximate surface area is 124 Å². The van der Waals surface area contributed by atoms with Gasteiger partial charge in [0.05, 0.1) is 12.9 Å². The molecular weight excluding hydrogens is 256 g/mol. The van der Waals surface area contributed by atoms with Gasteiger partial charge in [-0.25, -0.2) is 0 Å². The molecule has 0 aliphatic heterocycles. The van der Waals surface area contributed by atoms with Gasteiger partial charge >= 0.3 is 0 Å². The molecule has 0 aromatic rings. The SMILES string of the molecule is CC\C=C/C(Cl)=C\C(=C(/C)OC)C(CCC)CCC. The van der Waals surface area contributed by atoms with Crippen molar-refractivity contribution in [2.75, 3.05) is 7.11 Å². The standard InChI is InChI=1S/C17H29ClO/c1-6-9-12-16(18)13-17(14(4)19-5)15(10-7-2)11-8-3/h9,12-13,15H,6-8,10-11H2,1-5H3/b12-9-,16-13+,17-14-. The Hall–Kier alpha value is -0.690. The van der Waals surface area contributed by atoms with Crippen LogP contribution in [0.3, 0.4) is 0 Å². The Morgan fingerprint density at radius 3 is 2.16 bits per heavy atom. The molecule has 0 saturated heterocycles. The molecule has 0 N–H and O–H groups in total. The van der Waals surface area contributed by atoms with Crippen LogP contribution in [0, 0.1) is 5.92 Å². The fraction of sp³-hybridized carbons (Fsp3) is 0.647. The smallest absolute Gasteiger partial charge is 0.0959 e. The van der Waals surface area contributed by atoms with Crippen molar-refractivity contribution in [2.45, 2.75) is 59.8 Å². The zero-order chi connectivity index (χ0) is 14.7. The predicted octanol–water partition coefficient (Wildman–Crippen LogP) is 6.21. The first kappa shape index (κ1) is 18.3. The highest BCUT2D eigenvalue weighted by molar-refractivity contribution is 6.31. The number of allylic oxidation sites excluding steroid dienone is 6. The van der Waals surface area contributed by atoms with E-state index in [1.165, 1.54) is 31.3 Å². The van der Waals surface area contributed by atoms with E-state index >= 15 is 0 Å². The number of ether oxygens (including phenoxy) is 1. The minimum atomic E-state index is 0.540. The van der Waals surface area contributed by atoms with Crippen molar-refractivity contribution in [1.29, 1.82) is 0 Å². The quantitative estimate of drug-likeness (QED) is 0.361. The van der Waals surface area contributed by atoms with Crippen LogP contribution in [0.4, 0.5) is 0 Å². The van der Waals surface area contributed by atoms with Gasteiger partial charge in [-0.2, -0.15) is 0 Å². The molecule has 19 heavy (non-hydrogen) atoms. The van der Waals surface area contributed by atoms with Crippen molar-refractivity contribution < 1.29 is 4.74 Å². The highest BCUT2D eigenvalue weighted by atomic mass is 35.5. The van der Waals surface area contributed by atoms with Crippen LogP contribution in [0.5, 0.6) is 0 Å². The molecule has 0 bridgehead atoms. The Bertz CT molecular complexity index is 320. The lowest BCUT2D eigenvalue weighted by atomic mass is 9.89. The van der Waals surface area contributed by atoms with E-state index in [9.17, 15) is 0 Å². The molecule has 0 aliphatic rings. The molecule has 0 aliphatic carbocycles. The number of methoxy groups -OCH3 is 1. The third-order valence-electron chi connectivity index (χ3n) is 3.23. The van der Waals surface area contributed by atoms with Crippen molar-refractivity contribution in [3.63, 3.8) is 0 Å². The minimum absolute atomic E-state index is 0.540. The topological polar surface area (TPSA) is 9.23 Å². The Morgan fingerprint density at radius 1 is 1.16 bits per heavy atom. The first-order valence-corrected chi connectivity index (χ1v) is 7.76. The second kappa shape index (κ2) is 11.2. The summed E-state index contributed by atoms with van der Waals surface area (Å²) in [6, 6.07) is 0. The number of rotatable bonds is 9. The molecule has 0 amide bonds. The molecule has 0 rings (SSSR count). The molecule has 0 fully saturated rings. The molecule has 0 heterocycles. The van der Waals surface area contributed by atoms with Crippen molar-refractivity contribution in [3.05, 3.63) is 34.6 Å². The highest BCUT2D eigenvalue weighted by Gasteiger charge is 2.14. The lowest BCUT2D eigenvalue weighted by molar-refractivity contribution is 0.282. The van der Waals surface area contributed by atoms with Gasteiger partial charge in [0.25, 0.3) is 0 Å². The van der Waals surface area contributed by atoms with E-state index in [2.05, 4.69) is 32.9 Å². The van der Waals surface area contributed by atoms with Crippen molar-refractivity contribution in [2.24, 2.45) is 5.92 Å². The summed E-state index contributed by atoms with van der Waals surface area (Å²) in [6.07, 6.45) is 11.8. The van der Waals surface area contributed by atoms with E-state index in [1.807, 2.05) is 13.0 Å². The molecular formula is C17H29ClO. The average Bonchev–Trinajstić information content (AvgIpc) is 2.41. The van der Waals surface area contributed by atoms with Gasteiger partial charge < -0.3 is 4.74 Å². The monoisotopic (exact) mass is 284 g/mol. The van der Waals surface area contributed by atoms with Crippen molar-refractivity contribution in [1.82, 2.24) is 0 Å². The molecule has 0 unspecified atom stereocenters. The summed E-state index contributed by atoms with van der Waals surface area (Å²) in [7, 11) is 1.73. The zero-order valence-electron chi connectivity index (χ0n) is 13.1. The molecule has 0 saturated carbocycles. The first-order chi connectivity index (χ1) is 9.10. The van der Waals surface area contributed by atoms with E-state index in [1.54, 1.807) is 7.11 Å². The van der Waals surface area contributed by atoms with Crippen molar-refractivity contribution >= 4 is 11.6 Å². The van der Waals surface area contributed by atoms with Crippen LogP contribution in [0.15, 0.2) is 34.6 Å². The lowest BCUT2D eigenvalue weighted by Gasteiger charge is -2.19. The molecule has 0 spiro atoms. The fourth-order valence-corrected chi connectivity index (χ4v) is 2.41. The average molecular weight is 285 g/mol. The van der Waals surface area contributed by atoms with Crippen LogP contribution >= 0.6 is 11.6 Å². The van der Waals surface area contributed by atoms with E-state index < -0.39 is 0 Å². The van der Waals surface area contributed by atoms with Gasteiger partial charge in [0.2, 0.25) is 0 Å². The summed E-state index contributed by atoms with van der Waals surface area (Å²) in [4.78, 5) is 0. The zero-order valence-corrected chi connectivity index (χ0v) is 13.9. The van der Waals surface area contributed by atoms with Crippen LogP contribution < -0.4 is 0 Å². The first-order valence-electron chi connectivity index (χ1n) is 7.39. The third kappa shape index (κ3) is 7.47. The number of halogens is 1. The lowest BCUT2D eigenvalue weighted by Crippen LogP contribution is -2.06. The maximum absolute atomic E-state index is 6.28. The maximum Gasteiger partial charge on any atom is 0.0959 e. The molecule has 110 valence electrons. The largest absolute Gasteiger partial charge is 0.501 e. The molecule has 1 nitrogen and oxygen atoms in total. The molecule has 0 aromatic carbocycles. The van der Waals surface area contributed by atoms with Gasteiger partial charge in [0.1, 0.15) is 0 Å². The van der Waals surface area contributed by atoms with Crippen LogP contribution in [0.1, 0.15) is 59.8 Å². The highest BCUT2D eigenvalue weighted by Crippen LogP contribution is 2.28. The van der Waals surface area contributed by atoms with Gasteiger partial charge in [0.15, 0.2) is 0 Å². The summed E-state index contributed by atoms with van der Waals surface area (Å²) in [6.45, 7) is 8.59. The summed E-state index contributed by atoms with van der Waals surface area (Å²) >= 11 is 6.28. The van der Waals surface area contributed by atoms with Gasteiger partial charge in [-0.1, -0.05) is 51.3 Å². The normalized spacial score (nSPS) is 14.2. The van der Waals surface area contributed by atoms with Crippen LogP contribution in [0.25, 0.3) is 0 Å². The fourth-order valence-electron chi connectivity index (χ4n) is 2.20. The Kier molecular flexibility index (Phi) is 10.8. The number of hydrogen-bond acceptors (Lipinski definition) is 1. The minimum Gasteiger partial charge on any atom is -0.501 e. The van der Waals surface area contributed by atoms with Crippen molar-refractivity contribution in [3.8, 4) is 0 Å². The molecule has 2 heteroatoms. The second-order valence-corrected chi connectivity index (χ2v) is 5.27. The van der Waals surface area contributed by atoms with Gasteiger partial charge in [-0.05, 0) is 49.8 Å². The summed E-state index contributed by atoms with van der Waals surface area (Å²) < 4.78 is 5.44. The summed E-state index contributed by atoms with van der Waals surface area (Å²) in [5.74, 6) is 1.52. The van der Waals surface area contributed by atoms with Crippen LogP contribution in [-0.2, 0) is 4.74 Å². The van der Waals surface area contributed by atoms with E-state index in [0.717, 1.165) is 17.2 Å². The third-order valence-corrected chi connectivity index (χ3v) is 3.47. The molecule has 0 atom stereocenters. The van der Waals surface area contributed by atoms with E-state index in [-0.39, 0.29) is 0 Å². The van der Waals surface area contributed by atoms with Crippen LogP contribution in [-0.4, -0.2) is 7.11 Å². The van der Waals surface area contributed by atoms with Crippen LogP contribution in [0.2, 0.25) is 0 Å². The van der Waals surface area contributed by atoms with Gasteiger partial charge in [0, 0.05) is 5.03 Å². The second-order valence-electron chi connectivity index (χ2n) is 4.83. The van der Waals surface area contributed by atoms with E-state index in [4.69, 9.17) is 16.3 Å². The molecule has 0 aromatic heterocycles. The van der Waals surface area contributed by atoms with Gasteiger partial charge in [-0.15, -0.1) is 0 Å².